The molecule has 8 heteroatoms. The van der Waals surface area contributed by atoms with Crippen molar-refractivity contribution in [2.24, 2.45) is 0 Å². The van der Waals surface area contributed by atoms with Gasteiger partial charge >= 0.3 is 0 Å². The van der Waals surface area contributed by atoms with E-state index >= 15 is 0 Å². The fourth-order valence-electron chi connectivity index (χ4n) is 2.78. The molecule has 0 bridgehead atoms. The average Bonchev–Trinajstić information content (AvgIpc) is 2.78. The van der Waals surface area contributed by atoms with E-state index in [1.165, 1.54) is 19.3 Å². The first kappa shape index (κ1) is 23.5. The van der Waals surface area contributed by atoms with Gasteiger partial charge in [-0.1, -0.05) is 34.1 Å². The van der Waals surface area contributed by atoms with Gasteiger partial charge in [-0.25, -0.2) is 4.39 Å². The first-order valence-electron chi connectivity index (χ1n) is 9.33. The summed E-state index contributed by atoms with van der Waals surface area (Å²) in [4.78, 5) is 12.5. The van der Waals surface area contributed by atoms with Crippen LogP contribution < -0.4 is 14.8 Å². The van der Waals surface area contributed by atoms with Crippen molar-refractivity contribution in [3.8, 4) is 17.6 Å². The lowest BCUT2D eigenvalue weighted by Gasteiger charge is -2.14. The van der Waals surface area contributed by atoms with Crippen LogP contribution in [0.15, 0.2) is 75.2 Å². The van der Waals surface area contributed by atoms with E-state index < -0.39 is 5.91 Å². The normalized spacial score (nSPS) is 10.9. The third-order valence-corrected chi connectivity index (χ3v) is 5.48. The molecule has 0 aliphatic rings. The van der Waals surface area contributed by atoms with Crippen LogP contribution in [0.1, 0.15) is 11.1 Å². The van der Waals surface area contributed by atoms with Crippen LogP contribution in [0.5, 0.6) is 11.5 Å². The van der Waals surface area contributed by atoms with E-state index in [1.54, 1.807) is 54.6 Å². The number of nitrogens with zero attached hydrogens (tertiary/aromatic N) is 1. The highest BCUT2D eigenvalue weighted by molar-refractivity contribution is 9.10. The van der Waals surface area contributed by atoms with Gasteiger partial charge in [0.15, 0.2) is 11.5 Å². The molecule has 0 aliphatic carbocycles. The zero-order valence-electron chi connectivity index (χ0n) is 16.9. The largest absolute Gasteiger partial charge is 0.493 e. The number of methoxy groups -OCH3 is 1. The molecule has 162 valence electrons. The molecule has 0 radical (unpaired) electrons. The smallest absolute Gasteiger partial charge is 0.266 e. The zero-order valence-corrected chi connectivity index (χ0v) is 20.0. The Balaban J connectivity index is 1.82. The molecule has 0 atom stereocenters. The molecule has 0 saturated heterocycles. The summed E-state index contributed by atoms with van der Waals surface area (Å²) in [5.74, 6) is -0.152. The highest BCUT2D eigenvalue weighted by atomic mass is 79.9. The number of carbonyl (C=O) groups excluding carboxylic acids is 1. The van der Waals surface area contributed by atoms with Gasteiger partial charge in [-0.05, 0) is 70.0 Å². The van der Waals surface area contributed by atoms with E-state index in [-0.39, 0.29) is 18.0 Å². The third-order valence-electron chi connectivity index (χ3n) is 4.36. The second-order valence-electron chi connectivity index (χ2n) is 6.55. The van der Waals surface area contributed by atoms with Crippen molar-refractivity contribution < 1.29 is 18.7 Å². The van der Waals surface area contributed by atoms with Crippen LogP contribution in [0.25, 0.3) is 6.08 Å². The Bertz CT molecular complexity index is 1200. The predicted molar refractivity (Wildman–Crippen MR) is 128 cm³/mol. The van der Waals surface area contributed by atoms with Crippen molar-refractivity contribution in [3.05, 3.63) is 92.1 Å². The van der Waals surface area contributed by atoms with Gasteiger partial charge in [-0.15, -0.1) is 0 Å². The number of anilines is 1. The van der Waals surface area contributed by atoms with Crippen molar-refractivity contribution in [3.63, 3.8) is 0 Å². The fraction of sp³-hybridized carbons (Fsp3) is 0.0833. The number of benzene rings is 3. The summed E-state index contributed by atoms with van der Waals surface area (Å²) in [6.07, 6.45) is 1.45. The van der Waals surface area contributed by atoms with Crippen LogP contribution in [0.4, 0.5) is 10.1 Å². The van der Waals surface area contributed by atoms with Crippen molar-refractivity contribution in [2.75, 3.05) is 12.4 Å². The van der Waals surface area contributed by atoms with Gasteiger partial charge < -0.3 is 14.8 Å². The molecular formula is C24H17Br2FN2O3. The highest BCUT2D eigenvalue weighted by Crippen LogP contribution is 2.38. The van der Waals surface area contributed by atoms with E-state index in [0.717, 1.165) is 4.47 Å². The monoisotopic (exact) mass is 558 g/mol. The zero-order chi connectivity index (χ0) is 23.1. The second kappa shape index (κ2) is 10.9. The van der Waals surface area contributed by atoms with E-state index in [1.807, 2.05) is 6.07 Å². The van der Waals surface area contributed by atoms with Gasteiger partial charge in [0.2, 0.25) is 0 Å². The van der Waals surface area contributed by atoms with Crippen LogP contribution in [0.2, 0.25) is 0 Å². The molecular weight excluding hydrogens is 543 g/mol. The summed E-state index contributed by atoms with van der Waals surface area (Å²) >= 11 is 6.76. The number of nitriles is 1. The lowest BCUT2D eigenvalue weighted by Crippen LogP contribution is -2.13. The Labute approximate surface area is 201 Å². The quantitative estimate of drug-likeness (QED) is 0.265. The van der Waals surface area contributed by atoms with Crippen LogP contribution >= 0.6 is 31.9 Å². The Morgan fingerprint density at radius 3 is 2.53 bits per heavy atom. The standard InChI is InChI=1S/C24H17Br2FN2O3/c1-31-22-12-15(10-17(13-28)24(30)29-19-8-6-18(25)7-9-19)11-20(26)23(22)32-14-16-4-2-3-5-21(16)27/h2-12H,14H2,1H3,(H,29,30)/b17-10-. The maximum atomic E-state index is 13.9. The van der Waals surface area contributed by atoms with E-state index in [4.69, 9.17) is 9.47 Å². The van der Waals surface area contributed by atoms with Crippen LogP contribution in [0.3, 0.4) is 0 Å². The molecule has 0 aromatic heterocycles. The molecule has 0 unspecified atom stereocenters. The molecule has 0 fully saturated rings. The molecule has 0 aliphatic heterocycles. The van der Waals surface area contributed by atoms with Crippen molar-refractivity contribution >= 4 is 49.5 Å². The average molecular weight is 560 g/mol. The lowest BCUT2D eigenvalue weighted by molar-refractivity contribution is -0.112. The molecule has 0 heterocycles. The van der Waals surface area contributed by atoms with E-state index in [2.05, 4.69) is 37.2 Å². The fourth-order valence-corrected chi connectivity index (χ4v) is 3.61. The minimum atomic E-state index is -0.537. The van der Waals surface area contributed by atoms with Crippen molar-refractivity contribution in [1.82, 2.24) is 0 Å². The molecule has 32 heavy (non-hydrogen) atoms. The number of hydrogen-bond donors (Lipinski definition) is 1. The third kappa shape index (κ3) is 5.96. The van der Waals surface area contributed by atoms with Crippen LogP contribution in [0, 0.1) is 17.1 Å². The second-order valence-corrected chi connectivity index (χ2v) is 8.32. The van der Waals surface area contributed by atoms with Crippen molar-refractivity contribution in [1.29, 1.82) is 5.26 Å². The molecule has 3 aromatic rings. The van der Waals surface area contributed by atoms with Gasteiger partial charge in [0, 0.05) is 15.7 Å². The number of amides is 1. The highest BCUT2D eigenvalue weighted by Gasteiger charge is 2.15. The number of nitrogens with one attached hydrogen (secondary N) is 1. The number of hydrogen-bond acceptors (Lipinski definition) is 4. The molecule has 1 N–H and O–H groups in total. The Hall–Kier alpha value is -3.15. The summed E-state index contributed by atoms with van der Waals surface area (Å²) < 4.78 is 26.4. The number of carbonyl (C=O) groups is 1. The molecule has 3 rings (SSSR count). The first-order chi connectivity index (χ1) is 15.4. The molecule has 0 saturated carbocycles. The number of rotatable bonds is 7. The van der Waals surface area contributed by atoms with Gasteiger partial charge in [0.05, 0.1) is 11.6 Å². The van der Waals surface area contributed by atoms with Crippen LogP contribution in [-0.2, 0) is 11.4 Å². The Kier molecular flexibility index (Phi) is 8.03. The lowest BCUT2D eigenvalue weighted by atomic mass is 10.1. The van der Waals surface area contributed by atoms with Gasteiger partial charge in [0.25, 0.3) is 5.91 Å². The Morgan fingerprint density at radius 1 is 1.16 bits per heavy atom. The topological polar surface area (TPSA) is 71.3 Å². The summed E-state index contributed by atoms with van der Waals surface area (Å²) in [6.45, 7) is 0.00978. The molecule has 0 spiro atoms. The molecule has 3 aromatic carbocycles. The van der Waals surface area contributed by atoms with Gasteiger partial charge in [-0.2, -0.15) is 5.26 Å². The van der Waals surface area contributed by atoms with Gasteiger partial charge in [-0.3, -0.25) is 4.79 Å². The van der Waals surface area contributed by atoms with Crippen LogP contribution in [-0.4, -0.2) is 13.0 Å². The van der Waals surface area contributed by atoms with Crippen molar-refractivity contribution in [2.45, 2.75) is 6.61 Å². The van der Waals surface area contributed by atoms with E-state index in [0.29, 0.717) is 32.8 Å². The number of halogens is 3. The minimum absolute atomic E-state index is 0.00978. The van der Waals surface area contributed by atoms with E-state index in [9.17, 15) is 14.4 Å². The summed E-state index contributed by atoms with van der Waals surface area (Å²) in [6, 6.07) is 18.6. The minimum Gasteiger partial charge on any atom is -0.493 e. The first-order valence-corrected chi connectivity index (χ1v) is 10.9. The molecule has 5 nitrogen and oxygen atoms in total. The summed E-state index contributed by atoms with van der Waals surface area (Å²) in [7, 11) is 1.47. The van der Waals surface area contributed by atoms with Gasteiger partial charge in [0.1, 0.15) is 24.1 Å². The molecule has 1 amide bonds. The number of ether oxygens (including phenoxy) is 2. The Morgan fingerprint density at radius 2 is 1.88 bits per heavy atom. The SMILES string of the molecule is COc1cc(/C=C(/C#N)C(=O)Nc2ccc(Br)cc2)cc(Br)c1OCc1ccccc1F. The maximum Gasteiger partial charge on any atom is 0.266 e. The summed E-state index contributed by atoms with van der Waals surface area (Å²) in [5.41, 5.74) is 1.44. The maximum absolute atomic E-state index is 13.9. The summed E-state index contributed by atoms with van der Waals surface area (Å²) in [5, 5.41) is 12.2. The predicted octanol–water partition coefficient (Wildman–Crippen LogP) is 6.48.